The predicted octanol–water partition coefficient (Wildman–Crippen LogP) is -0.320. The SMILES string of the molecule is CN[C@@H](CCCCN)C(=O)N[C@@H](Cc1ccccc1)CN(CC(=O)N[C@@H](CCCCN)C(=O)N[C@@H](Cc1ccccc1)CN(CC(N)=O)S(=O)(=O)Cc1ccccc1)S(=O)(=O)CCN. The Balaban J connectivity index is 1.93. The van der Waals surface area contributed by atoms with Crippen LogP contribution in [0.25, 0.3) is 0 Å². The van der Waals surface area contributed by atoms with Gasteiger partial charge in [0.25, 0.3) is 0 Å². The first-order valence-electron chi connectivity index (χ1n) is 21.6. The first kappa shape index (κ1) is 53.5. The maximum Gasteiger partial charge on any atom is 0.242 e. The largest absolute Gasteiger partial charge is 0.369 e. The van der Waals surface area contributed by atoms with E-state index in [1.165, 1.54) is 0 Å². The lowest BCUT2D eigenvalue weighted by Gasteiger charge is -2.30. The van der Waals surface area contributed by atoms with E-state index in [1.807, 2.05) is 36.4 Å². The Morgan fingerprint density at radius 1 is 0.562 bits per heavy atom. The summed E-state index contributed by atoms with van der Waals surface area (Å²) in [7, 11) is -6.65. The van der Waals surface area contributed by atoms with Crippen LogP contribution >= 0.6 is 0 Å². The molecule has 0 aromatic heterocycles. The standard InChI is InChI=1S/C44H68N10O8S2/c1-49-39(21-11-13-23-45)43(57)50-38(28-35-17-7-3-8-18-35)30-54(63(59,60)26-25-47)32-42(56)52-40(22-12-14-24-46)44(58)51-37(27-34-15-5-2-6-16-34)29-53(31-41(48)55)64(61,62)33-36-19-9-4-10-20-36/h2-10,15-20,37-40,49H,11-14,21-33,45-47H2,1H3,(H2,48,55)(H,50,57)(H,51,58)(H,52,56)/t37-,38-,39-,40-/m0/s1. The smallest absolute Gasteiger partial charge is 0.242 e. The molecule has 3 rings (SSSR count). The number of likely N-dealkylation sites (N-methyl/N-ethyl adjacent to an activating group) is 1. The number of hydrogen-bond acceptors (Lipinski definition) is 12. The van der Waals surface area contributed by atoms with Gasteiger partial charge in [-0.2, -0.15) is 8.61 Å². The van der Waals surface area contributed by atoms with E-state index in [-0.39, 0.29) is 44.8 Å². The highest BCUT2D eigenvalue weighted by Gasteiger charge is 2.33. The number of carbonyl (C=O) groups is 4. The molecule has 3 aromatic rings. The second-order valence-electron chi connectivity index (χ2n) is 15.7. The Kier molecular flexibility index (Phi) is 23.6. The van der Waals surface area contributed by atoms with Crippen LogP contribution in [0.1, 0.15) is 55.2 Å². The van der Waals surface area contributed by atoms with Crippen molar-refractivity contribution in [3.8, 4) is 0 Å². The number of nitrogens with zero attached hydrogens (tertiary/aromatic N) is 2. The number of nitrogens with two attached hydrogens (primary N) is 4. The molecule has 4 amide bonds. The van der Waals surface area contributed by atoms with Gasteiger partial charge in [-0.15, -0.1) is 0 Å². The van der Waals surface area contributed by atoms with Gasteiger partial charge < -0.3 is 44.2 Å². The summed E-state index contributed by atoms with van der Waals surface area (Å²) >= 11 is 0. The molecule has 0 radical (unpaired) electrons. The van der Waals surface area contributed by atoms with Crippen LogP contribution in [0.3, 0.4) is 0 Å². The topological polar surface area (TPSA) is 295 Å². The lowest BCUT2D eigenvalue weighted by Crippen LogP contribution is -2.56. The highest BCUT2D eigenvalue weighted by atomic mass is 32.2. The average molecular weight is 929 g/mol. The molecular formula is C44H68N10O8S2. The van der Waals surface area contributed by atoms with E-state index < -0.39 is 86.5 Å². The fourth-order valence-corrected chi connectivity index (χ4v) is 9.96. The van der Waals surface area contributed by atoms with Crippen molar-refractivity contribution >= 4 is 43.7 Å². The number of amides is 4. The molecule has 0 saturated carbocycles. The van der Waals surface area contributed by atoms with Crippen molar-refractivity contribution in [3.05, 3.63) is 108 Å². The number of primary amides is 1. The number of unbranched alkanes of at least 4 members (excludes halogenated alkanes) is 2. The molecule has 0 aliphatic heterocycles. The van der Waals surface area contributed by atoms with Gasteiger partial charge in [0.05, 0.1) is 30.6 Å². The van der Waals surface area contributed by atoms with E-state index in [0.29, 0.717) is 44.3 Å². The van der Waals surface area contributed by atoms with E-state index in [0.717, 1.165) is 26.2 Å². The lowest BCUT2D eigenvalue weighted by molar-refractivity contribution is -0.129. The fraction of sp³-hybridized carbons (Fsp3) is 0.500. The van der Waals surface area contributed by atoms with Crippen LogP contribution in [0.15, 0.2) is 91.0 Å². The van der Waals surface area contributed by atoms with E-state index in [1.54, 1.807) is 61.6 Å². The molecule has 0 bridgehead atoms. The minimum Gasteiger partial charge on any atom is -0.369 e. The maximum absolute atomic E-state index is 14.3. The first-order valence-corrected chi connectivity index (χ1v) is 24.9. The maximum atomic E-state index is 14.3. The molecule has 0 heterocycles. The average Bonchev–Trinajstić information content (AvgIpc) is 3.25. The van der Waals surface area contributed by atoms with Crippen molar-refractivity contribution < 1.29 is 36.0 Å². The van der Waals surface area contributed by atoms with Gasteiger partial charge in [-0.25, -0.2) is 16.8 Å². The quantitative estimate of drug-likeness (QED) is 0.0374. The number of benzene rings is 3. The van der Waals surface area contributed by atoms with Crippen molar-refractivity contribution in [3.63, 3.8) is 0 Å². The van der Waals surface area contributed by atoms with Gasteiger partial charge in [0, 0.05) is 31.7 Å². The normalized spacial score (nSPS) is 13.8. The minimum atomic E-state index is -4.18. The highest BCUT2D eigenvalue weighted by molar-refractivity contribution is 7.89. The second kappa shape index (κ2) is 28.2. The third-order valence-corrected chi connectivity index (χ3v) is 14.0. The van der Waals surface area contributed by atoms with E-state index >= 15 is 0 Å². The second-order valence-corrected chi connectivity index (χ2v) is 19.8. The van der Waals surface area contributed by atoms with E-state index in [2.05, 4.69) is 21.3 Å². The number of sulfonamides is 2. The summed E-state index contributed by atoms with van der Waals surface area (Å²) in [5.74, 6) is -3.60. The molecular weight excluding hydrogens is 861 g/mol. The van der Waals surface area contributed by atoms with Crippen molar-refractivity contribution in [1.29, 1.82) is 0 Å². The molecule has 0 aliphatic rings. The summed E-state index contributed by atoms with van der Waals surface area (Å²) in [6.45, 7) is -1.41. The Bertz CT molecular complexity index is 2090. The van der Waals surface area contributed by atoms with Crippen LogP contribution in [-0.2, 0) is 57.8 Å². The van der Waals surface area contributed by atoms with E-state index in [4.69, 9.17) is 22.9 Å². The van der Waals surface area contributed by atoms with Crippen molar-refractivity contribution in [2.45, 2.75) is 81.3 Å². The van der Waals surface area contributed by atoms with Crippen molar-refractivity contribution in [2.75, 3.05) is 58.6 Å². The van der Waals surface area contributed by atoms with Crippen molar-refractivity contribution in [2.24, 2.45) is 22.9 Å². The van der Waals surface area contributed by atoms with Crippen LogP contribution in [0, 0.1) is 0 Å². The van der Waals surface area contributed by atoms with Gasteiger partial charge in [-0.05, 0) is 81.8 Å². The molecule has 0 saturated heterocycles. The predicted molar refractivity (Wildman–Crippen MR) is 249 cm³/mol. The highest BCUT2D eigenvalue weighted by Crippen LogP contribution is 2.15. The summed E-state index contributed by atoms with van der Waals surface area (Å²) < 4.78 is 57.0. The number of rotatable bonds is 32. The summed E-state index contributed by atoms with van der Waals surface area (Å²) in [4.78, 5) is 54.1. The minimum absolute atomic E-state index is 0.113. The van der Waals surface area contributed by atoms with Crippen LogP contribution in [0.2, 0.25) is 0 Å². The summed E-state index contributed by atoms with van der Waals surface area (Å²) in [5.41, 5.74) is 24.8. The first-order chi connectivity index (χ1) is 30.6. The zero-order valence-electron chi connectivity index (χ0n) is 36.8. The third-order valence-electron chi connectivity index (χ3n) is 10.4. The molecule has 0 unspecified atom stereocenters. The molecule has 0 spiro atoms. The number of hydrogen-bond donors (Lipinski definition) is 8. The van der Waals surface area contributed by atoms with Gasteiger partial charge >= 0.3 is 0 Å². The third kappa shape index (κ3) is 19.5. The van der Waals surface area contributed by atoms with Gasteiger partial charge in [0.15, 0.2) is 0 Å². The van der Waals surface area contributed by atoms with Crippen LogP contribution < -0.4 is 44.2 Å². The zero-order valence-corrected chi connectivity index (χ0v) is 38.4. The Hall–Kier alpha value is -4.80. The van der Waals surface area contributed by atoms with Crippen molar-refractivity contribution in [1.82, 2.24) is 29.9 Å². The molecule has 20 heteroatoms. The summed E-state index contributed by atoms with van der Waals surface area (Å²) in [5, 5.41) is 11.6. The van der Waals surface area contributed by atoms with E-state index in [9.17, 15) is 36.0 Å². The van der Waals surface area contributed by atoms with Crippen LogP contribution in [0.4, 0.5) is 0 Å². The molecule has 3 aromatic carbocycles. The number of carbonyl (C=O) groups excluding carboxylic acids is 4. The molecule has 12 N–H and O–H groups in total. The zero-order chi connectivity index (χ0) is 47.0. The summed E-state index contributed by atoms with van der Waals surface area (Å²) in [6.07, 6.45) is 3.34. The molecule has 0 aliphatic carbocycles. The summed E-state index contributed by atoms with van der Waals surface area (Å²) in [6, 6.07) is 23.2. The van der Waals surface area contributed by atoms with Crippen LogP contribution in [0.5, 0.6) is 0 Å². The van der Waals surface area contributed by atoms with Gasteiger partial charge in [-0.1, -0.05) is 97.4 Å². The Morgan fingerprint density at radius 2 is 1.00 bits per heavy atom. The monoisotopic (exact) mass is 928 g/mol. The molecule has 18 nitrogen and oxygen atoms in total. The molecule has 4 atom stereocenters. The lowest BCUT2D eigenvalue weighted by atomic mass is 10.0. The fourth-order valence-electron chi connectivity index (χ4n) is 7.16. The molecule has 64 heavy (non-hydrogen) atoms. The Morgan fingerprint density at radius 3 is 1.44 bits per heavy atom. The molecule has 0 fully saturated rings. The van der Waals surface area contributed by atoms with Gasteiger partial charge in [-0.3, -0.25) is 19.2 Å². The Labute approximate surface area is 378 Å². The van der Waals surface area contributed by atoms with Gasteiger partial charge in [0.2, 0.25) is 43.7 Å². The molecule has 354 valence electrons. The van der Waals surface area contributed by atoms with Crippen LogP contribution in [-0.4, -0.2) is 132 Å². The number of nitrogens with one attached hydrogen (secondary N) is 4. The van der Waals surface area contributed by atoms with Gasteiger partial charge in [0.1, 0.15) is 6.04 Å².